The van der Waals surface area contributed by atoms with E-state index >= 15 is 0 Å². The summed E-state index contributed by atoms with van der Waals surface area (Å²) in [6.45, 7) is 3.92. The normalized spacial score (nSPS) is 12.2. The molecule has 0 atom stereocenters. The highest BCUT2D eigenvalue weighted by atomic mass is 16.7. The third-order valence-electron chi connectivity index (χ3n) is 7.72. The Morgan fingerprint density at radius 2 is 1.00 bits per heavy atom. The summed E-state index contributed by atoms with van der Waals surface area (Å²) in [6, 6.07) is 29.0. The summed E-state index contributed by atoms with van der Waals surface area (Å²) in [7, 11) is 0. The van der Waals surface area contributed by atoms with Gasteiger partial charge < -0.3 is 49.8 Å². The Balaban J connectivity index is 0.000000144. The molecule has 2 aliphatic rings. The molecule has 12 nitrogen and oxygen atoms in total. The van der Waals surface area contributed by atoms with Crippen molar-refractivity contribution in [2.45, 2.75) is 26.2 Å². The number of H-pyrrole nitrogens is 2. The molecule has 0 fully saturated rings. The van der Waals surface area contributed by atoms with Crippen molar-refractivity contribution in [1.29, 1.82) is 0 Å². The number of ether oxygens (including phenoxy) is 4. The van der Waals surface area contributed by atoms with E-state index < -0.39 is 11.9 Å². The van der Waals surface area contributed by atoms with Crippen LogP contribution in [0.2, 0.25) is 0 Å². The molecule has 2 aromatic heterocycles. The van der Waals surface area contributed by atoms with Gasteiger partial charge in [0.05, 0.1) is 0 Å². The fraction of sp³-hybridized carbons (Fsp3) is 0.167. The molecule has 4 aromatic carbocycles. The van der Waals surface area contributed by atoms with Crippen molar-refractivity contribution in [1.82, 2.24) is 20.6 Å². The van der Waals surface area contributed by atoms with Crippen LogP contribution in [0.3, 0.4) is 0 Å². The summed E-state index contributed by atoms with van der Waals surface area (Å²) < 4.78 is 21.4. The summed E-state index contributed by atoms with van der Waals surface area (Å²) >= 11 is 0. The van der Waals surface area contributed by atoms with Crippen molar-refractivity contribution in [3.05, 3.63) is 120 Å². The van der Waals surface area contributed by atoms with Crippen LogP contribution >= 0.6 is 0 Å². The van der Waals surface area contributed by atoms with E-state index in [0.717, 1.165) is 49.2 Å². The van der Waals surface area contributed by atoms with Crippen LogP contribution in [0, 0.1) is 0 Å². The third kappa shape index (κ3) is 7.86. The number of carbonyl (C=O) groups is 2. The van der Waals surface area contributed by atoms with Gasteiger partial charge in [0.2, 0.25) is 13.6 Å². The Bertz CT molecular complexity index is 1890. The molecule has 0 spiro atoms. The van der Waals surface area contributed by atoms with Gasteiger partial charge in [0.1, 0.15) is 0 Å². The molecule has 12 heteroatoms. The molecule has 8 rings (SSSR count). The van der Waals surface area contributed by atoms with Crippen LogP contribution in [0.15, 0.2) is 97.3 Å². The van der Waals surface area contributed by atoms with E-state index in [1.54, 1.807) is 0 Å². The predicted molar refractivity (Wildman–Crippen MR) is 178 cm³/mol. The average Bonchev–Trinajstić information content (AvgIpc) is 3.92. The number of nitrogens with one attached hydrogen (secondary N) is 4. The van der Waals surface area contributed by atoms with Gasteiger partial charge in [-0.15, -0.1) is 0 Å². The van der Waals surface area contributed by atoms with Crippen molar-refractivity contribution < 1.29 is 38.7 Å². The first-order valence-electron chi connectivity index (χ1n) is 15.2. The molecule has 2 aliphatic heterocycles. The Morgan fingerprint density at radius 3 is 1.44 bits per heavy atom. The smallest absolute Gasteiger partial charge is 0.414 e. The van der Waals surface area contributed by atoms with E-state index in [-0.39, 0.29) is 0 Å². The average molecular weight is 651 g/mol. The number of fused-ring (bicyclic) bond motifs is 4. The Kier molecular flexibility index (Phi) is 10.0. The zero-order valence-corrected chi connectivity index (χ0v) is 25.8. The molecular weight excluding hydrogens is 616 g/mol. The third-order valence-corrected chi connectivity index (χ3v) is 7.72. The van der Waals surface area contributed by atoms with Crippen LogP contribution in [0.25, 0.3) is 21.8 Å². The van der Waals surface area contributed by atoms with Crippen molar-refractivity contribution in [2.24, 2.45) is 0 Å². The monoisotopic (exact) mass is 650 g/mol. The number of rotatable bonds is 8. The summed E-state index contributed by atoms with van der Waals surface area (Å²) in [5.74, 6) is -0.319. The molecule has 0 aliphatic carbocycles. The molecule has 246 valence electrons. The van der Waals surface area contributed by atoms with Gasteiger partial charge in [-0.2, -0.15) is 0 Å². The van der Waals surface area contributed by atoms with Crippen LogP contribution in [-0.4, -0.2) is 45.7 Å². The molecule has 4 heterocycles. The van der Waals surface area contributed by atoms with Crippen molar-refractivity contribution >= 4 is 33.7 Å². The lowest BCUT2D eigenvalue weighted by Gasteiger charge is -2.07. The summed E-state index contributed by atoms with van der Waals surface area (Å²) in [5.41, 5.74) is 7.35. The maximum absolute atomic E-state index is 9.10. The van der Waals surface area contributed by atoms with E-state index in [4.69, 9.17) is 38.7 Å². The minimum absolute atomic E-state index is 0.321. The van der Waals surface area contributed by atoms with Gasteiger partial charge in [-0.05, 0) is 70.8 Å². The topological polar surface area (TPSA) is 167 Å². The second-order valence-electron chi connectivity index (χ2n) is 10.9. The minimum atomic E-state index is -1.82. The molecule has 0 radical (unpaired) electrons. The van der Waals surface area contributed by atoms with E-state index in [0.29, 0.717) is 13.6 Å². The molecular formula is C36H34N4O8. The van der Waals surface area contributed by atoms with E-state index in [9.17, 15) is 0 Å². The number of hydrogen-bond acceptors (Lipinski definition) is 8. The first-order chi connectivity index (χ1) is 23.4. The van der Waals surface area contributed by atoms with Crippen molar-refractivity contribution in [3.63, 3.8) is 0 Å². The van der Waals surface area contributed by atoms with Gasteiger partial charge in [-0.3, -0.25) is 0 Å². The highest BCUT2D eigenvalue weighted by Gasteiger charge is 2.14. The van der Waals surface area contributed by atoms with E-state index in [1.807, 2.05) is 36.7 Å². The standard InChI is InChI=1S/2C17H16N2O2.C2H2O4/c2*1-2-13(14-6-7-19-15(14)3-1)10-18-9-12-4-5-16-17(8-12)21-11-20-16;3-1(4)2(5)6/h2*1-8,18-19H,9-11H2;(H,3,4)(H,5,6). The molecule has 0 saturated carbocycles. The summed E-state index contributed by atoms with van der Waals surface area (Å²) in [6.07, 6.45) is 3.96. The minimum Gasteiger partial charge on any atom is -0.473 e. The molecule has 48 heavy (non-hydrogen) atoms. The highest BCUT2D eigenvalue weighted by Crippen LogP contribution is 2.33. The number of hydrogen-bond donors (Lipinski definition) is 6. The Morgan fingerprint density at radius 1 is 0.562 bits per heavy atom. The van der Waals surface area contributed by atoms with Gasteiger partial charge in [0.15, 0.2) is 23.0 Å². The number of benzene rings is 4. The van der Waals surface area contributed by atoms with Crippen molar-refractivity contribution in [3.8, 4) is 23.0 Å². The van der Waals surface area contributed by atoms with Gasteiger partial charge in [-0.1, -0.05) is 36.4 Å². The first-order valence-corrected chi connectivity index (χ1v) is 15.2. The fourth-order valence-electron chi connectivity index (χ4n) is 5.39. The van der Waals surface area contributed by atoms with Gasteiger partial charge in [0, 0.05) is 60.4 Å². The summed E-state index contributed by atoms with van der Waals surface area (Å²) in [5, 5.41) is 24.3. The fourth-order valence-corrected chi connectivity index (χ4v) is 5.39. The van der Waals surface area contributed by atoms with Crippen LogP contribution in [0.1, 0.15) is 22.3 Å². The predicted octanol–water partition coefficient (Wildman–Crippen LogP) is 5.53. The lowest BCUT2D eigenvalue weighted by Crippen LogP contribution is -2.12. The van der Waals surface area contributed by atoms with E-state index in [2.05, 4.69) is 81.3 Å². The number of carboxylic acid groups (broad SMARTS) is 2. The second-order valence-corrected chi connectivity index (χ2v) is 10.9. The van der Waals surface area contributed by atoms with Gasteiger partial charge >= 0.3 is 11.9 Å². The van der Waals surface area contributed by atoms with Crippen LogP contribution < -0.4 is 29.6 Å². The lowest BCUT2D eigenvalue weighted by atomic mass is 10.1. The number of aromatic nitrogens is 2. The molecule has 0 unspecified atom stereocenters. The first kappa shape index (κ1) is 32.0. The van der Waals surface area contributed by atoms with Crippen molar-refractivity contribution in [2.75, 3.05) is 13.6 Å². The lowest BCUT2D eigenvalue weighted by molar-refractivity contribution is -0.159. The largest absolute Gasteiger partial charge is 0.473 e. The number of aromatic amines is 2. The zero-order chi connectivity index (χ0) is 33.3. The van der Waals surface area contributed by atoms with Gasteiger partial charge in [0.25, 0.3) is 0 Å². The summed E-state index contributed by atoms with van der Waals surface area (Å²) in [4.78, 5) is 24.7. The molecule has 6 N–H and O–H groups in total. The van der Waals surface area contributed by atoms with Crippen LogP contribution in [-0.2, 0) is 35.8 Å². The Hall–Kier alpha value is -5.98. The molecule has 0 amide bonds. The maximum atomic E-state index is 9.10. The highest BCUT2D eigenvalue weighted by molar-refractivity contribution is 6.27. The van der Waals surface area contributed by atoms with Crippen LogP contribution in [0.4, 0.5) is 0 Å². The zero-order valence-electron chi connectivity index (χ0n) is 25.8. The van der Waals surface area contributed by atoms with Gasteiger partial charge in [-0.25, -0.2) is 9.59 Å². The molecule has 6 aromatic rings. The quantitative estimate of drug-likeness (QED) is 0.115. The Labute approximate surface area is 275 Å². The maximum Gasteiger partial charge on any atom is 0.414 e. The molecule has 0 saturated heterocycles. The van der Waals surface area contributed by atoms with Crippen LogP contribution in [0.5, 0.6) is 23.0 Å². The van der Waals surface area contributed by atoms with E-state index in [1.165, 1.54) is 44.1 Å². The molecule has 0 bridgehead atoms. The number of aliphatic carboxylic acids is 2. The number of carboxylic acids is 2. The SMILES string of the molecule is O=C(O)C(=O)O.c1cc(CNCc2ccc3c(c2)OCO3)c2cc[nH]c2c1.c1cc(CNCc2ccc3c(c2)OCO3)c2cc[nH]c2c1. The second kappa shape index (κ2) is 15.1.